The van der Waals surface area contributed by atoms with Gasteiger partial charge in [0.15, 0.2) is 0 Å². The molecule has 0 aliphatic carbocycles. The number of benzene rings is 3. The van der Waals surface area contributed by atoms with E-state index in [0.717, 1.165) is 34.4 Å². The zero-order chi connectivity index (χ0) is 31.7. The Hall–Kier alpha value is -3.64. The summed E-state index contributed by atoms with van der Waals surface area (Å²) in [4.78, 5) is 44.8. The molecule has 228 valence electrons. The Bertz CT molecular complexity index is 1510. The number of amides is 2. The third-order valence-corrected chi connectivity index (χ3v) is 8.73. The van der Waals surface area contributed by atoms with Gasteiger partial charge in [0.1, 0.15) is 6.29 Å². The lowest BCUT2D eigenvalue weighted by Crippen LogP contribution is -2.50. The Morgan fingerprint density at radius 1 is 1.00 bits per heavy atom. The maximum Gasteiger partial charge on any atom is 0.254 e. The van der Waals surface area contributed by atoms with Gasteiger partial charge in [-0.15, -0.1) is 0 Å². The van der Waals surface area contributed by atoms with Crippen molar-refractivity contribution in [3.63, 3.8) is 0 Å². The molecule has 1 aliphatic heterocycles. The van der Waals surface area contributed by atoms with Crippen LogP contribution in [0.25, 0.3) is 11.1 Å². The average Bonchev–Trinajstić information content (AvgIpc) is 3.37. The lowest BCUT2D eigenvalue weighted by Gasteiger charge is -2.40. The van der Waals surface area contributed by atoms with Crippen molar-refractivity contribution in [2.45, 2.75) is 58.9 Å². The van der Waals surface area contributed by atoms with Gasteiger partial charge in [0, 0.05) is 45.5 Å². The third-order valence-electron chi connectivity index (χ3n) is 8.41. The van der Waals surface area contributed by atoms with E-state index in [1.807, 2.05) is 66.5 Å². The summed E-state index contributed by atoms with van der Waals surface area (Å²) in [6.07, 6.45) is 2.11. The van der Waals surface area contributed by atoms with Crippen LogP contribution in [-0.4, -0.2) is 61.6 Å². The highest BCUT2D eigenvalue weighted by atomic mass is 35.5. The van der Waals surface area contributed by atoms with Gasteiger partial charge >= 0.3 is 0 Å². The molecule has 0 radical (unpaired) electrons. The second-order valence-corrected chi connectivity index (χ2v) is 13.8. The van der Waals surface area contributed by atoms with Crippen LogP contribution in [0.3, 0.4) is 0 Å². The molecule has 0 saturated carbocycles. The van der Waals surface area contributed by atoms with Crippen LogP contribution in [0.5, 0.6) is 0 Å². The van der Waals surface area contributed by atoms with Gasteiger partial charge < -0.3 is 19.5 Å². The summed E-state index contributed by atoms with van der Waals surface area (Å²) < 4.78 is 0. The SMILES string of the molecule is CC(C)C1N(C(=O)CC(C)(C)C)CC[C@]1(C=O)c1ccccc1N(C)c1cccc(-c2ccc(C(=O)N(C)C)c(Cl)c2)c1. The van der Waals surface area contributed by atoms with E-state index in [-0.39, 0.29) is 29.2 Å². The molecule has 43 heavy (non-hydrogen) atoms. The van der Waals surface area contributed by atoms with Gasteiger partial charge in [-0.3, -0.25) is 9.59 Å². The van der Waals surface area contributed by atoms with Crippen molar-refractivity contribution in [2.24, 2.45) is 11.3 Å². The zero-order valence-corrected chi connectivity index (χ0v) is 27.4. The Balaban J connectivity index is 1.73. The van der Waals surface area contributed by atoms with Crippen LogP contribution < -0.4 is 4.90 Å². The number of rotatable bonds is 8. The molecule has 1 saturated heterocycles. The van der Waals surface area contributed by atoms with Crippen LogP contribution in [0.1, 0.15) is 63.4 Å². The van der Waals surface area contributed by atoms with E-state index in [4.69, 9.17) is 11.6 Å². The molecule has 7 heteroatoms. The largest absolute Gasteiger partial charge is 0.345 e. The summed E-state index contributed by atoms with van der Waals surface area (Å²) in [7, 11) is 5.41. The summed E-state index contributed by atoms with van der Waals surface area (Å²) in [5.74, 6) is 0.0480. The van der Waals surface area contributed by atoms with E-state index in [1.54, 1.807) is 20.2 Å². The quantitative estimate of drug-likeness (QED) is 0.249. The second-order valence-electron chi connectivity index (χ2n) is 13.4. The summed E-state index contributed by atoms with van der Waals surface area (Å²) in [6, 6.07) is 21.4. The minimum atomic E-state index is -0.827. The summed E-state index contributed by atoms with van der Waals surface area (Å²) in [6.45, 7) is 11.0. The molecule has 1 aliphatic rings. The van der Waals surface area contributed by atoms with Gasteiger partial charge in [-0.05, 0) is 64.8 Å². The highest BCUT2D eigenvalue weighted by Crippen LogP contribution is 2.47. The van der Waals surface area contributed by atoms with Crippen LogP contribution in [0, 0.1) is 11.3 Å². The molecule has 6 nitrogen and oxygen atoms in total. The number of hydrogen-bond acceptors (Lipinski definition) is 4. The summed E-state index contributed by atoms with van der Waals surface area (Å²) >= 11 is 6.53. The molecular weight excluding hydrogens is 558 g/mol. The maximum absolute atomic E-state index is 13.5. The third kappa shape index (κ3) is 6.50. The maximum atomic E-state index is 13.5. The predicted octanol–water partition coefficient (Wildman–Crippen LogP) is 7.61. The number of para-hydroxylation sites is 1. The van der Waals surface area contributed by atoms with Crippen molar-refractivity contribution in [1.29, 1.82) is 0 Å². The topological polar surface area (TPSA) is 60.9 Å². The first-order chi connectivity index (χ1) is 20.2. The fourth-order valence-electron chi connectivity index (χ4n) is 6.45. The smallest absolute Gasteiger partial charge is 0.254 e. The van der Waals surface area contributed by atoms with Crippen molar-refractivity contribution in [2.75, 3.05) is 32.6 Å². The molecule has 1 heterocycles. The van der Waals surface area contributed by atoms with Gasteiger partial charge in [0.25, 0.3) is 5.91 Å². The highest BCUT2D eigenvalue weighted by molar-refractivity contribution is 6.34. The molecule has 0 N–H and O–H groups in total. The van der Waals surface area contributed by atoms with E-state index in [2.05, 4.69) is 45.6 Å². The Kier molecular flexibility index (Phi) is 9.41. The molecule has 2 atom stereocenters. The Morgan fingerprint density at radius 3 is 2.28 bits per heavy atom. The van der Waals surface area contributed by atoms with Gasteiger partial charge in [-0.1, -0.05) is 82.6 Å². The molecule has 2 amide bonds. The van der Waals surface area contributed by atoms with Crippen LogP contribution in [0.2, 0.25) is 5.02 Å². The molecule has 0 aromatic heterocycles. The van der Waals surface area contributed by atoms with Gasteiger partial charge in [-0.25, -0.2) is 0 Å². The molecule has 4 rings (SSSR count). The van der Waals surface area contributed by atoms with Gasteiger partial charge in [-0.2, -0.15) is 0 Å². The van der Waals surface area contributed by atoms with Crippen molar-refractivity contribution in [3.8, 4) is 11.1 Å². The standard InChI is InChI=1S/C36H44ClN3O3/c1-24(2)33-36(23-41,18-19-40(33)32(42)22-35(3,4)5)29-14-9-10-15-31(29)39(8)27-13-11-12-25(20-27)26-16-17-28(30(37)21-26)34(43)38(6)7/h9-17,20-21,23-24,33H,18-19,22H2,1-8H3/t33?,36-/m0/s1. The zero-order valence-electron chi connectivity index (χ0n) is 26.6. The van der Waals surface area contributed by atoms with E-state index in [1.165, 1.54) is 4.90 Å². The van der Waals surface area contributed by atoms with Crippen molar-refractivity contribution >= 4 is 41.1 Å². The second kappa shape index (κ2) is 12.5. The fourth-order valence-corrected chi connectivity index (χ4v) is 6.71. The summed E-state index contributed by atoms with van der Waals surface area (Å²) in [5, 5.41) is 0.403. The van der Waals surface area contributed by atoms with E-state index < -0.39 is 5.41 Å². The molecule has 1 fully saturated rings. The molecule has 0 bridgehead atoms. The number of halogens is 1. The predicted molar refractivity (Wildman–Crippen MR) is 176 cm³/mol. The molecule has 3 aromatic carbocycles. The fraction of sp³-hybridized carbons (Fsp3) is 0.417. The Labute approximate surface area is 261 Å². The van der Waals surface area contributed by atoms with E-state index >= 15 is 0 Å². The van der Waals surface area contributed by atoms with Crippen LogP contribution in [0.4, 0.5) is 11.4 Å². The van der Waals surface area contributed by atoms with Gasteiger partial charge in [0.05, 0.1) is 22.0 Å². The number of carbonyl (C=O) groups excluding carboxylic acids is 3. The first-order valence-electron chi connectivity index (χ1n) is 14.9. The minimum absolute atomic E-state index is 0.0883. The van der Waals surface area contributed by atoms with Crippen LogP contribution >= 0.6 is 11.6 Å². The molecular formula is C36H44ClN3O3. The molecule has 0 spiro atoms. The van der Waals surface area contributed by atoms with Crippen LogP contribution in [0.15, 0.2) is 66.7 Å². The molecule has 1 unspecified atom stereocenters. The Morgan fingerprint density at radius 2 is 1.67 bits per heavy atom. The monoisotopic (exact) mass is 601 g/mol. The van der Waals surface area contributed by atoms with E-state index in [0.29, 0.717) is 30.0 Å². The summed E-state index contributed by atoms with van der Waals surface area (Å²) in [5.41, 5.74) is 4.14. The molecule has 3 aromatic rings. The number of nitrogens with zero attached hydrogens (tertiary/aromatic N) is 3. The van der Waals surface area contributed by atoms with Gasteiger partial charge in [0.2, 0.25) is 5.91 Å². The first-order valence-corrected chi connectivity index (χ1v) is 15.3. The number of hydrogen-bond donors (Lipinski definition) is 0. The first kappa shape index (κ1) is 32.3. The lowest BCUT2D eigenvalue weighted by atomic mass is 9.70. The van der Waals surface area contributed by atoms with Crippen molar-refractivity contribution < 1.29 is 14.4 Å². The normalized spacial score (nSPS) is 18.6. The lowest BCUT2D eigenvalue weighted by molar-refractivity contribution is -0.135. The number of likely N-dealkylation sites (tertiary alicyclic amines) is 1. The van der Waals surface area contributed by atoms with Crippen LogP contribution in [-0.2, 0) is 15.0 Å². The van der Waals surface area contributed by atoms with Crippen molar-refractivity contribution in [1.82, 2.24) is 9.80 Å². The minimum Gasteiger partial charge on any atom is -0.345 e. The number of aldehydes is 1. The van der Waals surface area contributed by atoms with Crippen molar-refractivity contribution in [3.05, 3.63) is 82.9 Å². The number of carbonyl (C=O) groups is 3. The highest BCUT2D eigenvalue weighted by Gasteiger charge is 2.52. The number of anilines is 2. The average molecular weight is 602 g/mol. The van der Waals surface area contributed by atoms with E-state index in [9.17, 15) is 14.4 Å².